The fourth-order valence-corrected chi connectivity index (χ4v) is 1.27. The van der Waals surface area contributed by atoms with Crippen LogP contribution in [0.3, 0.4) is 0 Å². The van der Waals surface area contributed by atoms with Crippen LogP contribution in [-0.4, -0.2) is 43.7 Å². The molecule has 108 valence electrons. The van der Waals surface area contributed by atoms with Crippen LogP contribution in [0.5, 0.6) is 0 Å². The van der Waals surface area contributed by atoms with E-state index in [1.54, 1.807) is 0 Å². The number of sulfonamides is 1. The molecule has 0 saturated carbocycles. The van der Waals surface area contributed by atoms with E-state index in [4.69, 9.17) is 10.2 Å². The highest BCUT2D eigenvalue weighted by molar-refractivity contribution is 7.89. The van der Waals surface area contributed by atoms with Crippen LogP contribution in [0.1, 0.15) is 13.8 Å². The molecule has 0 unspecified atom stereocenters. The molecule has 0 atom stereocenters. The number of carbonyl (C=O) groups excluding carboxylic acids is 2. The van der Waals surface area contributed by atoms with Gasteiger partial charge in [-0.25, -0.2) is 23.1 Å². The van der Waals surface area contributed by atoms with E-state index in [2.05, 4.69) is 5.32 Å². The minimum absolute atomic E-state index is 0.130. The average molecular weight is 293 g/mol. The molecule has 0 rings (SSSR count). The lowest BCUT2D eigenvalue weighted by molar-refractivity contribution is -0.133. The summed E-state index contributed by atoms with van der Waals surface area (Å²) in [5.41, 5.74) is -0.330. The molecular weight excluding hydrogens is 278 g/mol. The molecule has 9 nitrogen and oxygen atoms in total. The van der Waals surface area contributed by atoms with Crippen LogP contribution in [0, 0.1) is 0 Å². The fourth-order valence-electron chi connectivity index (χ4n) is 0.879. The van der Waals surface area contributed by atoms with Crippen molar-refractivity contribution in [1.29, 1.82) is 0 Å². The van der Waals surface area contributed by atoms with Gasteiger partial charge in [0.25, 0.3) is 5.91 Å². The number of carboxylic acids is 1. The number of nitrogens with one attached hydrogen (secondary N) is 2. The maximum Gasteiger partial charge on any atom is 0.331 e. The first kappa shape index (κ1) is 17.1. The highest BCUT2D eigenvalue weighted by Gasteiger charge is 2.15. The molecule has 0 spiro atoms. The van der Waals surface area contributed by atoms with Gasteiger partial charge in [-0.05, 0) is 13.8 Å². The van der Waals surface area contributed by atoms with Gasteiger partial charge in [0.15, 0.2) is 0 Å². The summed E-state index contributed by atoms with van der Waals surface area (Å²) in [6.07, 6.45) is 0. The van der Waals surface area contributed by atoms with Crippen LogP contribution in [-0.2, 0) is 19.6 Å². The van der Waals surface area contributed by atoms with E-state index in [0.717, 1.165) is 0 Å². The Kier molecular flexibility index (Phi) is 6.15. The minimum atomic E-state index is -3.70. The Labute approximate surface area is 109 Å². The summed E-state index contributed by atoms with van der Waals surface area (Å²) in [5, 5.41) is 17.3. The van der Waals surface area contributed by atoms with Gasteiger partial charge in [0.1, 0.15) is 0 Å². The third-order valence-corrected chi connectivity index (χ3v) is 2.90. The van der Waals surface area contributed by atoms with Crippen molar-refractivity contribution in [3.8, 4) is 0 Å². The van der Waals surface area contributed by atoms with Crippen LogP contribution >= 0.6 is 0 Å². The number of hydrogen-bond donors (Lipinski definition) is 4. The van der Waals surface area contributed by atoms with Crippen molar-refractivity contribution in [2.45, 2.75) is 13.8 Å². The summed E-state index contributed by atoms with van der Waals surface area (Å²) in [4.78, 5) is 33.2. The third-order valence-electron chi connectivity index (χ3n) is 2.12. The van der Waals surface area contributed by atoms with Gasteiger partial charge in [0.2, 0.25) is 10.0 Å². The number of rotatable bonds is 5. The van der Waals surface area contributed by atoms with E-state index in [1.807, 2.05) is 5.32 Å². The summed E-state index contributed by atoms with van der Waals surface area (Å²) < 4.78 is 21.1. The summed E-state index contributed by atoms with van der Waals surface area (Å²) in [5.74, 6) is -2.63. The first-order valence-electron chi connectivity index (χ1n) is 5.05. The number of carboxylic acid groups (broad SMARTS) is 1. The van der Waals surface area contributed by atoms with Gasteiger partial charge in [0.05, 0.1) is 5.75 Å². The Bertz CT molecular complexity index is 522. The van der Waals surface area contributed by atoms with Gasteiger partial charge >= 0.3 is 12.0 Å². The Morgan fingerprint density at radius 2 is 1.68 bits per heavy atom. The monoisotopic (exact) mass is 293 g/mol. The van der Waals surface area contributed by atoms with Crippen molar-refractivity contribution >= 4 is 27.9 Å². The van der Waals surface area contributed by atoms with Gasteiger partial charge in [-0.15, -0.1) is 0 Å². The highest BCUT2D eigenvalue weighted by Crippen LogP contribution is 2.02. The standard InChI is InChI=1S/C9H15N3O6S/c1-5(6(2)8(14)15)7(13)12-9(16)11-3-4-19(10,17)18/h3-4H2,1-2H3,(H,14,15)(H2,10,17,18)(H2,11,12,13,16). The number of nitrogens with two attached hydrogens (primary N) is 1. The third kappa shape index (κ3) is 7.16. The fraction of sp³-hybridized carbons (Fsp3) is 0.444. The van der Waals surface area contributed by atoms with Crippen LogP contribution in [0.25, 0.3) is 0 Å². The van der Waals surface area contributed by atoms with E-state index < -0.39 is 33.7 Å². The lowest BCUT2D eigenvalue weighted by Crippen LogP contribution is -2.42. The van der Waals surface area contributed by atoms with Crippen molar-refractivity contribution in [2.75, 3.05) is 12.3 Å². The topological polar surface area (TPSA) is 156 Å². The molecule has 0 aromatic carbocycles. The van der Waals surface area contributed by atoms with Crippen LogP contribution in [0.4, 0.5) is 4.79 Å². The predicted molar refractivity (Wildman–Crippen MR) is 65.5 cm³/mol. The second-order valence-electron chi connectivity index (χ2n) is 3.63. The molecule has 0 saturated heterocycles. The molecule has 0 bridgehead atoms. The lowest BCUT2D eigenvalue weighted by Gasteiger charge is -2.07. The molecule has 3 amide bonds. The molecule has 19 heavy (non-hydrogen) atoms. The number of primary sulfonamides is 1. The first-order chi connectivity index (χ1) is 8.54. The van der Waals surface area contributed by atoms with Crippen molar-refractivity contribution in [1.82, 2.24) is 10.6 Å². The molecule has 0 aromatic rings. The van der Waals surface area contributed by atoms with Gasteiger partial charge in [-0.3, -0.25) is 10.1 Å². The van der Waals surface area contributed by atoms with E-state index in [9.17, 15) is 22.8 Å². The zero-order valence-electron chi connectivity index (χ0n) is 10.4. The van der Waals surface area contributed by atoms with E-state index in [-0.39, 0.29) is 17.7 Å². The van der Waals surface area contributed by atoms with Gasteiger partial charge in [0, 0.05) is 17.7 Å². The quantitative estimate of drug-likeness (QED) is 0.453. The van der Waals surface area contributed by atoms with Gasteiger partial charge < -0.3 is 10.4 Å². The van der Waals surface area contributed by atoms with Crippen LogP contribution in [0.2, 0.25) is 0 Å². The van der Waals surface area contributed by atoms with Crippen LogP contribution < -0.4 is 15.8 Å². The van der Waals surface area contributed by atoms with Crippen molar-refractivity contribution in [3.63, 3.8) is 0 Å². The first-order valence-corrected chi connectivity index (χ1v) is 6.76. The molecule has 0 heterocycles. The maximum atomic E-state index is 11.4. The number of carbonyl (C=O) groups is 3. The Balaban J connectivity index is 4.40. The second kappa shape index (κ2) is 6.85. The number of imide groups is 1. The summed E-state index contributed by atoms with van der Waals surface area (Å²) in [6, 6.07) is -0.939. The highest BCUT2D eigenvalue weighted by atomic mass is 32.2. The Hall–Kier alpha value is -1.94. The predicted octanol–water partition coefficient (Wildman–Crippen LogP) is -1.48. The van der Waals surface area contributed by atoms with E-state index >= 15 is 0 Å². The molecule has 5 N–H and O–H groups in total. The Morgan fingerprint density at radius 1 is 1.16 bits per heavy atom. The number of urea groups is 1. The minimum Gasteiger partial charge on any atom is -0.478 e. The van der Waals surface area contributed by atoms with Gasteiger partial charge in [-0.2, -0.15) is 0 Å². The summed E-state index contributed by atoms with van der Waals surface area (Å²) in [7, 11) is -3.70. The second-order valence-corrected chi connectivity index (χ2v) is 5.37. The zero-order valence-corrected chi connectivity index (χ0v) is 11.2. The molecular formula is C9H15N3O6S. The molecule has 0 fully saturated rings. The zero-order chi connectivity index (χ0) is 15.2. The lowest BCUT2D eigenvalue weighted by atomic mass is 10.1. The number of aliphatic carboxylic acids is 1. The normalized spacial score (nSPS) is 12.4. The summed E-state index contributed by atoms with van der Waals surface area (Å²) >= 11 is 0. The number of amides is 3. The largest absolute Gasteiger partial charge is 0.478 e. The van der Waals surface area contributed by atoms with Crippen molar-refractivity contribution < 1.29 is 27.9 Å². The van der Waals surface area contributed by atoms with E-state index in [0.29, 0.717) is 0 Å². The molecule has 10 heteroatoms. The molecule has 0 aromatic heterocycles. The molecule has 0 aliphatic carbocycles. The smallest absolute Gasteiger partial charge is 0.331 e. The molecule has 0 aliphatic rings. The molecule has 0 radical (unpaired) electrons. The number of hydrogen-bond acceptors (Lipinski definition) is 5. The van der Waals surface area contributed by atoms with E-state index in [1.165, 1.54) is 13.8 Å². The SMILES string of the molecule is CC(C(=O)O)=C(C)C(=O)NC(=O)NCCS(N)(=O)=O. The van der Waals surface area contributed by atoms with Gasteiger partial charge in [-0.1, -0.05) is 0 Å². The van der Waals surface area contributed by atoms with Crippen molar-refractivity contribution in [3.05, 3.63) is 11.1 Å². The van der Waals surface area contributed by atoms with Crippen molar-refractivity contribution in [2.24, 2.45) is 5.14 Å². The maximum absolute atomic E-state index is 11.4. The Morgan fingerprint density at radius 3 is 2.11 bits per heavy atom. The molecule has 0 aliphatic heterocycles. The average Bonchev–Trinajstić information content (AvgIpc) is 2.24. The van der Waals surface area contributed by atoms with Crippen LogP contribution in [0.15, 0.2) is 11.1 Å². The summed E-state index contributed by atoms with van der Waals surface area (Å²) in [6.45, 7) is 2.20.